The highest BCUT2D eigenvalue weighted by Gasteiger charge is 2.17. The number of carbonyl (C=O) groups is 1. The van der Waals surface area contributed by atoms with Crippen LogP contribution in [0.5, 0.6) is 0 Å². The predicted octanol–water partition coefficient (Wildman–Crippen LogP) is 1.40. The maximum Gasteiger partial charge on any atom is 0.240 e. The zero-order chi connectivity index (χ0) is 16.0. The molecule has 0 amide bonds. The fraction of sp³-hybridized carbons (Fsp3) is 0.267. The number of benzene rings is 1. The monoisotopic (exact) mass is 321 g/mol. The van der Waals surface area contributed by atoms with Crippen molar-refractivity contribution < 1.29 is 13.2 Å². The maximum absolute atomic E-state index is 12.0. The Morgan fingerprint density at radius 1 is 1.14 bits per heavy atom. The lowest BCUT2D eigenvalue weighted by molar-refractivity contribution is -0.113. The Morgan fingerprint density at radius 2 is 1.86 bits per heavy atom. The minimum absolute atomic E-state index is 0.0234. The molecular formula is C15H19N3O3S. The molecule has 0 heterocycles. The number of sulfonamides is 1. The van der Waals surface area contributed by atoms with E-state index in [1.807, 2.05) is 12.1 Å². The fourth-order valence-electron chi connectivity index (χ4n) is 1.94. The zero-order valence-electron chi connectivity index (χ0n) is 12.1. The molecule has 0 fully saturated rings. The van der Waals surface area contributed by atoms with E-state index in [1.54, 1.807) is 18.2 Å². The Bertz CT molecular complexity index is 691. The lowest BCUT2D eigenvalue weighted by Crippen LogP contribution is -2.27. The summed E-state index contributed by atoms with van der Waals surface area (Å²) in [5, 5.41) is 3.17. The van der Waals surface area contributed by atoms with Crippen LogP contribution < -0.4 is 15.8 Å². The summed E-state index contributed by atoms with van der Waals surface area (Å²) in [7, 11) is -3.61. The molecule has 118 valence electrons. The van der Waals surface area contributed by atoms with Gasteiger partial charge in [-0.3, -0.25) is 4.79 Å². The van der Waals surface area contributed by atoms with Crippen LogP contribution in [0.2, 0.25) is 0 Å². The van der Waals surface area contributed by atoms with Crippen molar-refractivity contribution in [1.29, 1.82) is 0 Å². The maximum atomic E-state index is 12.0. The van der Waals surface area contributed by atoms with Gasteiger partial charge < -0.3 is 11.1 Å². The van der Waals surface area contributed by atoms with Crippen LogP contribution in [0, 0.1) is 0 Å². The highest BCUT2D eigenvalue weighted by atomic mass is 32.2. The summed E-state index contributed by atoms with van der Waals surface area (Å²) in [6.45, 7) is 0.921. The van der Waals surface area contributed by atoms with Crippen molar-refractivity contribution in [1.82, 2.24) is 4.72 Å². The summed E-state index contributed by atoms with van der Waals surface area (Å²) >= 11 is 0. The minimum atomic E-state index is -3.61. The van der Waals surface area contributed by atoms with Crippen molar-refractivity contribution in [3.05, 3.63) is 47.4 Å². The SMILES string of the molecule is Nc1ccc(NCCCNS(=O)(=O)C2=CC(=O)CC=C2)cc1. The van der Waals surface area contributed by atoms with Gasteiger partial charge in [-0.05, 0) is 36.8 Å². The fourth-order valence-corrected chi connectivity index (χ4v) is 3.08. The van der Waals surface area contributed by atoms with Gasteiger partial charge in [0.15, 0.2) is 5.78 Å². The first-order valence-corrected chi connectivity index (χ1v) is 8.46. The third kappa shape index (κ3) is 4.71. The standard InChI is InChI=1S/C15H19N3O3S/c16-12-5-7-13(8-6-12)17-9-2-10-18-22(20,21)15-4-1-3-14(19)11-15/h1,4-8,11,17-18H,2-3,9-10,16H2. The lowest BCUT2D eigenvalue weighted by atomic mass is 10.2. The minimum Gasteiger partial charge on any atom is -0.399 e. The van der Waals surface area contributed by atoms with E-state index in [9.17, 15) is 13.2 Å². The largest absolute Gasteiger partial charge is 0.399 e. The van der Waals surface area contributed by atoms with Crippen LogP contribution in [0.25, 0.3) is 0 Å². The molecule has 0 radical (unpaired) electrons. The topological polar surface area (TPSA) is 101 Å². The second-order valence-corrected chi connectivity index (χ2v) is 6.69. The van der Waals surface area contributed by atoms with Crippen molar-refractivity contribution in [2.75, 3.05) is 24.1 Å². The van der Waals surface area contributed by atoms with E-state index < -0.39 is 10.0 Å². The number of hydrogen-bond acceptors (Lipinski definition) is 5. The van der Waals surface area contributed by atoms with Crippen LogP contribution in [0.1, 0.15) is 12.8 Å². The van der Waals surface area contributed by atoms with Crippen LogP contribution in [-0.2, 0) is 14.8 Å². The third-order valence-electron chi connectivity index (χ3n) is 3.10. The van der Waals surface area contributed by atoms with Gasteiger partial charge in [-0.15, -0.1) is 0 Å². The van der Waals surface area contributed by atoms with Gasteiger partial charge >= 0.3 is 0 Å². The summed E-state index contributed by atoms with van der Waals surface area (Å²) < 4.78 is 26.5. The number of carbonyl (C=O) groups excluding carboxylic acids is 1. The molecule has 0 bridgehead atoms. The van der Waals surface area contributed by atoms with E-state index in [0.717, 1.165) is 11.8 Å². The van der Waals surface area contributed by atoms with Crippen molar-refractivity contribution in [3.63, 3.8) is 0 Å². The molecular weight excluding hydrogens is 302 g/mol. The third-order valence-corrected chi connectivity index (χ3v) is 4.56. The lowest BCUT2D eigenvalue weighted by Gasteiger charge is -2.10. The molecule has 0 spiro atoms. The second-order valence-electron chi connectivity index (χ2n) is 4.92. The second kappa shape index (κ2) is 7.24. The van der Waals surface area contributed by atoms with Crippen molar-refractivity contribution in [3.8, 4) is 0 Å². The highest BCUT2D eigenvalue weighted by molar-refractivity contribution is 7.93. The van der Waals surface area contributed by atoms with Crippen LogP contribution in [-0.4, -0.2) is 27.3 Å². The molecule has 0 saturated carbocycles. The van der Waals surface area contributed by atoms with Gasteiger partial charge in [0.05, 0.1) is 4.91 Å². The summed E-state index contributed by atoms with van der Waals surface area (Å²) in [6.07, 6.45) is 5.05. The van der Waals surface area contributed by atoms with E-state index in [1.165, 1.54) is 6.08 Å². The van der Waals surface area contributed by atoms with Crippen LogP contribution >= 0.6 is 0 Å². The normalized spacial score (nSPS) is 14.7. The van der Waals surface area contributed by atoms with Crippen molar-refractivity contribution in [2.24, 2.45) is 0 Å². The molecule has 22 heavy (non-hydrogen) atoms. The molecule has 0 unspecified atom stereocenters. The Balaban J connectivity index is 1.75. The molecule has 0 atom stereocenters. The van der Waals surface area contributed by atoms with E-state index in [-0.39, 0.29) is 17.1 Å². The number of nitrogens with two attached hydrogens (primary N) is 1. The first kappa shape index (κ1) is 16.3. The molecule has 1 aromatic carbocycles. The summed E-state index contributed by atoms with van der Waals surface area (Å²) in [5.74, 6) is -0.201. The molecule has 1 aromatic rings. The summed E-state index contributed by atoms with van der Waals surface area (Å²) in [5.41, 5.74) is 7.22. The van der Waals surface area contributed by atoms with Gasteiger partial charge in [0.25, 0.3) is 0 Å². The van der Waals surface area contributed by atoms with Crippen molar-refractivity contribution in [2.45, 2.75) is 12.8 Å². The average Bonchev–Trinajstić information content (AvgIpc) is 2.49. The van der Waals surface area contributed by atoms with Crippen LogP contribution in [0.4, 0.5) is 11.4 Å². The van der Waals surface area contributed by atoms with E-state index >= 15 is 0 Å². The van der Waals surface area contributed by atoms with Crippen LogP contribution in [0.3, 0.4) is 0 Å². The van der Waals surface area contributed by atoms with Gasteiger partial charge in [-0.2, -0.15) is 0 Å². The molecule has 0 aliphatic heterocycles. The smallest absolute Gasteiger partial charge is 0.240 e. The van der Waals surface area contributed by atoms with Crippen LogP contribution in [0.15, 0.2) is 47.4 Å². The van der Waals surface area contributed by atoms with E-state index in [2.05, 4.69) is 10.0 Å². The Kier molecular flexibility index (Phi) is 5.35. The molecule has 2 rings (SSSR count). The molecule has 1 aliphatic carbocycles. The number of allylic oxidation sites excluding steroid dienone is 3. The van der Waals surface area contributed by atoms with Gasteiger partial charge in [-0.1, -0.05) is 6.08 Å². The number of rotatable bonds is 7. The highest BCUT2D eigenvalue weighted by Crippen LogP contribution is 2.13. The zero-order valence-corrected chi connectivity index (χ0v) is 12.9. The quantitative estimate of drug-likeness (QED) is 0.520. The summed E-state index contributed by atoms with van der Waals surface area (Å²) in [6, 6.07) is 7.32. The Morgan fingerprint density at radius 3 is 2.55 bits per heavy atom. The number of nitrogens with one attached hydrogen (secondary N) is 2. The van der Waals surface area contributed by atoms with E-state index in [0.29, 0.717) is 25.2 Å². The molecule has 7 heteroatoms. The molecule has 6 nitrogen and oxygen atoms in total. The van der Waals surface area contributed by atoms with Gasteiger partial charge in [0, 0.05) is 37.0 Å². The summed E-state index contributed by atoms with van der Waals surface area (Å²) in [4.78, 5) is 11.3. The molecule has 4 N–H and O–H groups in total. The first-order chi connectivity index (χ1) is 10.5. The number of anilines is 2. The number of ketones is 1. The van der Waals surface area contributed by atoms with E-state index in [4.69, 9.17) is 5.73 Å². The van der Waals surface area contributed by atoms with Crippen molar-refractivity contribution >= 4 is 27.2 Å². The molecule has 0 saturated heterocycles. The van der Waals surface area contributed by atoms with Gasteiger partial charge in [0.2, 0.25) is 10.0 Å². The van der Waals surface area contributed by atoms with Gasteiger partial charge in [0.1, 0.15) is 0 Å². The number of nitrogen functional groups attached to an aromatic ring is 1. The Labute approximate surface area is 130 Å². The average molecular weight is 321 g/mol. The Hall–Kier alpha value is -2.12. The molecule has 0 aromatic heterocycles. The number of hydrogen-bond donors (Lipinski definition) is 3. The first-order valence-electron chi connectivity index (χ1n) is 6.97. The molecule has 1 aliphatic rings. The van der Waals surface area contributed by atoms with Gasteiger partial charge in [-0.25, -0.2) is 13.1 Å². The predicted molar refractivity (Wildman–Crippen MR) is 87.7 cm³/mol.